The third-order valence-electron chi connectivity index (χ3n) is 4.27. The summed E-state index contributed by atoms with van der Waals surface area (Å²) < 4.78 is 0. The van der Waals surface area contributed by atoms with Gasteiger partial charge in [-0.2, -0.15) is 0 Å². The van der Waals surface area contributed by atoms with E-state index in [-0.39, 0.29) is 0 Å². The largest absolute Gasteiger partial charge is 0.355 e. The zero-order valence-corrected chi connectivity index (χ0v) is 13.6. The molecular formula is C17H21ClN4. The summed E-state index contributed by atoms with van der Waals surface area (Å²) in [4.78, 5) is 13.2. The van der Waals surface area contributed by atoms with Gasteiger partial charge >= 0.3 is 0 Å². The van der Waals surface area contributed by atoms with Crippen LogP contribution in [0.4, 0.5) is 5.82 Å². The van der Waals surface area contributed by atoms with Gasteiger partial charge in [-0.05, 0) is 18.9 Å². The maximum Gasteiger partial charge on any atom is 0.134 e. The molecule has 3 rings (SSSR count). The van der Waals surface area contributed by atoms with Crippen LogP contribution in [0.2, 0.25) is 5.15 Å². The van der Waals surface area contributed by atoms with E-state index in [0.717, 1.165) is 38.4 Å². The van der Waals surface area contributed by atoms with Crippen LogP contribution >= 0.6 is 11.6 Å². The van der Waals surface area contributed by atoms with E-state index in [0.29, 0.717) is 11.2 Å². The second-order valence-electron chi connectivity index (χ2n) is 5.78. The van der Waals surface area contributed by atoms with Crippen molar-refractivity contribution in [2.75, 3.05) is 24.5 Å². The van der Waals surface area contributed by atoms with E-state index in [9.17, 15) is 0 Å². The van der Waals surface area contributed by atoms with Gasteiger partial charge in [0.1, 0.15) is 17.3 Å². The van der Waals surface area contributed by atoms with Crippen molar-refractivity contribution in [1.29, 1.82) is 0 Å². The van der Waals surface area contributed by atoms with Crippen LogP contribution in [-0.2, 0) is 6.54 Å². The number of aromatic nitrogens is 2. The van der Waals surface area contributed by atoms with Gasteiger partial charge in [0.05, 0.1) is 0 Å². The molecule has 0 N–H and O–H groups in total. The predicted molar refractivity (Wildman–Crippen MR) is 90.2 cm³/mol. The van der Waals surface area contributed by atoms with Crippen LogP contribution in [0.1, 0.15) is 18.9 Å². The molecule has 116 valence electrons. The minimum absolute atomic E-state index is 0.503. The first-order valence-electron chi connectivity index (χ1n) is 7.73. The minimum Gasteiger partial charge on any atom is -0.355 e. The van der Waals surface area contributed by atoms with Gasteiger partial charge < -0.3 is 4.90 Å². The Balaban J connectivity index is 1.67. The second-order valence-corrected chi connectivity index (χ2v) is 6.17. The molecule has 4 nitrogen and oxygen atoms in total. The Morgan fingerprint density at radius 1 is 1.14 bits per heavy atom. The van der Waals surface area contributed by atoms with Crippen molar-refractivity contribution in [1.82, 2.24) is 14.9 Å². The molecule has 0 amide bonds. The van der Waals surface area contributed by atoms with Gasteiger partial charge in [0.2, 0.25) is 0 Å². The summed E-state index contributed by atoms with van der Waals surface area (Å²) in [5.74, 6) is 0.925. The van der Waals surface area contributed by atoms with E-state index in [4.69, 9.17) is 11.6 Å². The van der Waals surface area contributed by atoms with E-state index in [1.807, 2.05) is 6.07 Å². The van der Waals surface area contributed by atoms with Crippen LogP contribution in [-0.4, -0.2) is 40.5 Å². The van der Waals surface area contributed by atoms with Crippen LogP contribution in [0, 0.1) is 0 Å². The molecular weight excluding hydrogens is 296 g/mol. The van der Waals surface area contributed by atoms with Crippen molar-refractivity contribution >= 4 is 17.4 Å². The molecule has 1 aromatic carbocycles. The lowest BCUT2D eigenvalue weighted by Crippen LogP contribution is -2.34. The molecule has 5 heteroatoms. The summed E-state index contributed by atoms with van der Waals surface area (Å²) in [6.45, 7) is 6.29. The maximum absolute atomic E-state index is 5.98. The molecule has 0 spiro atoms. The second kappa shape index (κ2) is 7.07. The monoisotopic (exact) mass is 316 g/mol. The lowest BCUT2D eigenvalue weighted by Gasteiger charge is -2.26. The number of benzene rings is 1. The van der Waals surface area contributed by atoms with E-state index in [1.165, 1.54) is 11.9 Å². The summed E-state index contributed by atoms with van der Waals surface area (Å²) >= 11 is 5.98. The number of anilines is 1. The van der Waals surface area contributed by atoms with Crippen LogP contribution in [0.15, 0.2) is 42.7 Å². The van der Waals surface area contributed by atoms with E-state index >= 15 is 0 Å². The van der Waals surface area contributed by atoms with Crippen molar-refractivity contribution < 1.29 is 0 Å². The molecule has 1 fully saturated rings. The number of rotatable bonds is 3. The molecule has 1 unspecified atom stereocenters. The Labute approximate surface area is 136 Å². The highest BCUT2D eigenvalue weighted by atomic mass is 35.5. The molecule has 2 heterocycles. The number of nitrogens with zero attached hydrogens (tertiary/aromatic N) is 4. The van der Waals surface area contributed by atoms with E-state index in [2.05, 4.69) is 57.0 Å². The van der Waals surface area contributed by atoms with Crippen LogP contribution in [0.25, 0.3) is 0 Å². The molecule has 0 bridgehead atoms. The summed E-state index contributed by atoms with van der Waals surface area (Å²) in [5.41, 5.74) is 1.37. The summed E-state index contributed by atoms with van der Waals surface area (Å²) in [5, 5.41) is 0.503. The molecule has 2 aromatic rings. The van der Waals surface area contributed by atoms with Crippen molar-refractivity contribution in [2.24, 2.45) is 0 Å². The number of hydrogen-bond donors (Lipinski definition) is 0. The van der Waals surface area contributed by atoms with Gasteiger partial charge in [0.15, 0.2) is 0 Å². The Morgan fingerprint density at radius 3 is 2.73 bits per heavy atom. The Kier molecular flexibility index (Phi) is 4.90. The van der Waals surface area contributed by atoms with Crippen LogP contribution in [0.3, 0.4) is 0 Å². The topological polar surface area (TPSA) is 32.3 Å². The lowest BCUT2D eigenvalue weighted by molar-refractivity contribution is 0.212. The standard InChI is InChI=1S/C17H21ClN4/c1-14-7-8-21(17-11-16(18)19-13-20-17)9-10-22(14)12-15-5-3-2-4-6-15/h2-6,11,13-14H,7-10,12H2,1H3. The smallest absolute Gasteiger partial charge is 0.134 e. The SMILES string of the molecule is CC1CCN(c2cc(Cl)ncn2)CCN1Cc1ccccc1. The average Bonchev–Trinajstić information content (AvgIpc) is 2.71. The zero-order chi connectivity index (χ0) is 15.4. The summed E-state index contributed by atoms with van der Waals surface area (Å²) in [7, 11) is 0. The fraction of sp³-hybridized carbons (Fsp3) is 0.412. The van der Waals surface area contributed by atoms with Crippen molar-refractivity contribution in [3.63, 3.8) is 0 Å². The minimum atomic E-state index is 0.503. The molecule has 0 radical (unpaired) electrons. The third kappa shape index (κ3) is 3.76. The first-order chi connectivity index (χ1) is 10.7. The number of halogens is 1. The van der Waals surface area contributed by atoms with E-state index < -0.39 is 0 Å². The van der Waals surface area contributed by atoms with Crippen LogP contribution in [0.5, 0.6) is 0 Å². The van der Waals surface area contributed by atoms with Gasteiger partial charge in [0.25, 0.3) is 0 Å². The zero-order valence-electron chi connectivity index (χ0n) is 12.8. The Bertz CT molecular complexity index is 605. The lowest BCUT2D eigenvalue weighted by atomic mass is 10.1. The van der Waals surface area contributed by atoms with Gasteiger partial charge in [-0.25, -0.2) is 9.97 Å². The molecule has 0 saturated carbocycles. The fourth-order valence-electron chi connectivity index (χ4n) is 2.89. The van der Waals surface area contributed by atoms with Crippen molar-refractivity contribution in [3.05, 3.63) is 53.4 Å². The molecule has 1 aliphatic heterocycles. The average molecular weight is 317 g/mol. The highest BCUT2D eigenvalue weighted by Gasteiger charge is 2.21. The molecule has 0 aliphatic carbocycles. The van der Waals surface area contributed by atoms with Gasteiger partial charge in [-0.15, -0.1) is 0 Å². The molecule has 1 aromatic heterocycles. The first kappa shape index (κ1) is 15.3. The molecule has 22 heavy (non-hydrogen) atoms. The highest BCUT2D eigenvalue weighted by Crippen LogP contribution is 2.20. The summed E-state index contributed by atoms with van der Waals surface area (Å²) in [6.07, 6.45) is 2.65. The molecule has 1 aliphatic rings. The number of hydrogen-bond acceptors (Lipinski definition) is 4. The third-order valence-corrected chi connectivity index (χ3v) is 4.48. The predicted octanol–water partition coefficient (Wildman–Crippen LogP) is 3.23. The summed E-state index contributed by atoms with van der Waals surface area (Å²) in [6, 6.07) is 13.1. The van der Waals surface area contributed by atoms with Crippen molar-refractivity contribution in [3.8, 4) is 0 Å². The van der Waals surface area contributed by atoms with E-state index in [1.54, 1.807) is 0 Å². The van der Waals surface area contributed by atoms with Gasteiger partial charge in [-0.3, -0.25) is 4.90 Å². The Morgan fingerprint density at radius 2 is 1.95 bits per heavy atom. The van der Waals surface area contributed by atoms with Crippen molar-refractivity contribution in [2.45, 2.75) is 25.9 Å². The maximum atomic E-state index is 5.98. The quantitative estimate of drug-likeness (QED) is 0.814. The molecule has 1 saturated heterocycles. The first-order valence-corrected chi connectivity index (χ1v) is 8.10. The van der Waals surface area contributed by atoms with Gasteiger partial charge in [0, 0.05) is 38.3 Å². The normalized spacial score (nSPS) is 19.9. The highest BCUT2D eigenvalue weighted by molar-refractivity contribution is 6.29. The molecule has 1 atom stereocenters. The van der Waals surface area contributed by atoms with Crippen LogP contribution < -0.4 is 4.90 Å². The Hall–Kier alpha value is -1.65. The van der Waals surface area contributed by atoms with Gasteiger partial charge in [-0.1, -0.05) is 41.9 Å². The fourth-order valence-corrected chi connectivity index (χ4v) is 3.03.